The monoisotopic (exact) mass is 500 g/mol. The van der Waals surface area contributed by atoms with E-state index in [2.05, 4.69) is 11.9 Å². The third kappa shape index (κ3) is 5.55. The van der Waals surface area contributed by atoms with Crippen LogP contribution < -0.4 is 4.74 Å². The van der Waals surface area contributed by atoms with E-state index in [1.165, 1.54) is 11.8 Å². The van der Waals surface area contributed by atoms with Crippen molar-refractivity contribution < 1.29 is 23.8 Å². The summed E-state index contributed by atoms with van der Waals surface area (Å²) in [5.74, 6) is 0.361. The quantitative estimate of drug-likeness (QED) is 0.398. The minimum absolute atomic E-state index is 0.0789. The summed E-state index contributed by atoms with van der Waals surface area (Å²) < 4.78 is 15.9. The summed E-state index contributed by atoms with van der Waals surface area (Å²) in [6, 6.07) is 7.14. The molecule has 1 aromatic carbocycles. The summed E-state index contributed by atoms with van der Waals surface area (Å²) in [7, 11) is 5.24. The van der Waals surface area contributed by atoms with Gasteiger partial charge in [0.05, 0.1) is 37.4 Å². The molecule has 0 saturated carbocycles. The molecule has 1 unspecified atom stereocenters. The largest absolute Gasteiger partial charge is 0.497 e. The number of ether oxygens (including phenoxy) is 3. The van der Waals surface area contributed by atoms with E-state index in [1.807, 2.05) is 46.4 Å². The van der Waals surface area contributed by atoms with Crippen LogP contribution in [0.25, 0.3) is 0 Å². The second kappa shape index (κ2) is 11.3. The predicted molar refractivity (Wildman–Crippen MR) is 135 cm³/mol. The highest BCUT2D eigenvalue weighted by atomic mass is 32.2. The molecule has 10 heteroatoms. The van der Waals surface area contributed by atoms with Crippen LogP contribution in [0.5, 0.6) is 5.75 Å². The van der Waals surface area contributed by atoms with Gasteiger partial charge in [0.1, 0.15) is 12.4 Å². The lowest BCUT2D eigenvalue weighted by Crippen LogP contribution is -2.47. The first-order chi connectivity index (χ1) is 16.9. The molecule has 4 rings (SSSR count). The molecule has 0 aliphatic carbocycles. The van der Waals surface area contributed by atoms with Gasteiger partial charge in [-0.25, -0.2) is 9.79 Å². The van der Waals surface area contributed by atoms with Crippen molar-refractivity contribution in [2.24, 2.45) is 4.99 Å². The van der Waals surface area contributed by atoms with Crippen LogP contribution >= 0.6 is 11.8 Å². The Morgan fingerprint density at radius 3 is 2.46 bits per heavy atom. The molecule has 1 amide bonds. The number of nitrogens with zero attached hydrogens (tertiary/aromatic N) is 4. The van der Waals surface area contributed by atoms with Crippen LogP contribution in [0.4, 0.5) is 0 Å². The Hall–Kier alpha value is -2.82. The highest BCUT2D eigenvalue weighted by Gasteiger charge is 2.41. The van der Waals surface area contributed by atoms with Crippen molar-refractivity contribution in [3.63, 3.8) is 0 Å². The second-order valence-electron chi connectivity index (χ2n) is 8.66. The number of allylic oxidation sites excluding steroid dienone is 1. The van der Waals surface area contributed by atoms with Crippen LogP contribution in [-0.2, 0) is 19.1 Å². The molecule has 3 aliphatic rings. The molecule has 0 aromatic heterocycles. The first-order valence-corrected chi connectivity index (χ1v) is 12.5. The molecule has 9 nitrogen and oxygen atoms in total. The fraction of sp³-hybridized carbons (Fsp3) is 0.480. The van der Waals surface area contributed by atoms with Gasteiger partial charge in [-0.3, -0.25) is 4.79 Å². The molecular formula is C25H32N4O5S. The van der Waals surface area contributed by atoms with E-state index in [4.69, 9.17) is 19.2 Å². The zero-order valence-electron chi connectivity index (χ0n) is 20.7. The molecule has 0 radical (unpaired) electrons. The number of thioether (sulfide) groups is 1. The number of piperazine rings is 1. The number of rotatable bonds is 8. The van der Waals surface area contributed by atoms with Crippen molar-refractivity contribution in [3.05, 3.63) is 52.2 Å². The van der Waals surface area contributed by atoms with E-state index in [9.17, 15) is 9.59 Å². The molecular weight excluding hydrogens is 468 g/mol. The third-order valence-electron chi connectivity index (χ3n) is 6.36. The number of amides is 1. The highest BCUT2D eigenvalue weighted by Crippen LogP contribution is 2.45. The van der Waals surface area contributed by atoms with Gasteiger partial charge in [0.2, 0.25) is 5.91 Å². The van der Waals surface area contributed by atoms with Crippen molar-refractivity contribution in [1.82, 2.24) is 14.7 Å². The van der Waals surface area contributed by atoms with Gasteiger partial charge in [-0.2, -0.15) is 0 Å². The van der Waals surface area contributed by atoms with Crippen LogP contribution in [0.2, 0.25) is 0 Å². The topological polar surface area (TPSA) is 83.9 Å². The van der Waals surface area contributed by atoms with Crippen molar-refractivity contribution in [2.45, 2.75) is 19.4 Å². The first-order valence-electron chi connectivity index (χ1n) is 11.6. The molecule has 0 N–H and O–H groups in total. The molecule has 0 spiro atoms. The lowest BCUT2D eigenvalue weighted by Gasteiger charge is -2.37. The minimum atomic E-state index is -0.468. The average Bonchev–Trinajstić information content (AvgIpc) is 3.25. The smallest absolute Gasteiger partial charge is 0.338 e. The van der Waals surface area contributed by atoms with Gasteiger partial charge in [0, 0.05) is 39.0 Å². The van der Waals surface area contributed by atoms with Crippen molar-refractivity contribution in [3.8, 4) is 5.75 Å². The third-order valence-corrected chi connectivity index (χ3v) is 7.25. The number of hydrogen-bond donors (Lipinski definition) is 0. The Morgan fingerprint density at radius 2 is 1.80 bits per heavy atom. The number of aliphatic imine (C=N–C) groups is 1. The summed E-state index contributed by atoms with van der Waals surface area (Å²) in [5.41, 5.74) is 2.77. The molecule has 188 valence electrons. The van der Waals surface area contributed by atoms with Gasteiger partial charge in [-0.15, -0.1) is 0 Å². The lowest BCUT2D eigenvalue weighted by atomic mass is 9.93. The summed E-state index contributed by atoms with van der Waals surface area (Å²) in [6.07, 6.45) is 0.243. The van der Waals surface area contributed by atoms with Crippen molar-refractivity contribution in [1.29, 1.82) is 0 Å². The van der Waals surface area contributed by atoms with Gasteiger partial charge in [-0.1, -0.05) is 23.9 Å². The minimum Gasteiger partial charge on any atom is -0.497 e. The molecule has 1 saturated heterocycles. The maximum Gasteiger partial charge on any atom is 0.338 e. The lowest BCUT2D eigenvalue weighted by molar-refractivity contribution is -0.141. The van der Waals surface area contributed by atoms with E-state index in [1.54, 1.807) is 14.2 Å². The molecule has 35 heavy (non-hydrogen) atoms. The maximum absolute atomic E-state index is 13.2. The maximum atomic E-state index is 13.2. The molecule has 1 fully saturated rings. The molecule has 3 heterocycles. The molecule has 1 atom stereocenters. The first kappa shape index (κ1) is 25.3. The zero-order valence-corrected chi connectivity index (χ0v) is 21.5. The van der Waals surface area contributed by atoms with Crippen LogP contribution in [0.1, 0.15) is 24.9 Å². The number of carbonyl (C=O) groups excluding carboxylic acids is 2. The Labute approximate surface area is 210 Å². The zero-order chi connectivity index (χ0) is 24.9. The number of benzene rings is 1. The number of likely N-dealkylation sites (N-methyl/N-ethyl adjacent to an activating group) is 1. The van der Waals surface area contributed by atoms with Crippen LogP contribution in [0.15, 0.2) is 51.6 Å². The fourth-order valence-corrected chi connectivity index (χ4v) is 5.31. The number of fused-ring (bicyclic) bond motifs is 1. The van der Waals surface area contributed by atoms with Gasteiger partial charge in [0.15, 0.2) is 5.17 Å². The number of methoxy groups -OCH3 is 2. The van der Waals surface area contributed by atoms with Gasteiger partial charge in [0.25, 0.3) is 0 Å². The Kier molecular flexibility index (Phi) is 8.15. The van der Waals surface area contributed by atoms with Crippen LogP contribution in [0.3, 0.4) is 0 Å². The Balaban J connectivity index is 1.64. The molecule has 3 aliphatic heterocycles. The van der Waals surface area contributed by atoms with Crippen LogP contribution in [-0.4, -0.2) is 92.4 Å². The fourth-order valence-electron chi connectivity index (χ4n) is 4.35. The summed E-state index contributed by atoms with van der Waals surface area (Å²) in [4.78, 5) is 37.2. The number of carbonyl (C=O) groups is 2. The summed E-state index contributed by atoms with van der Waals surface area (Å²) in [6.45, 7) is 5.44. The SMILES string of the molecule is COCCOC(=O)C1=C(C)N=C2SC=C(CC(=O)N3CCN(C)CC3)N2C1c1ccc(OC)cc1. The van der Waals surface area contributed by atoms with Crippen molar-refractivity contribution in [2.75, 3.05) is 60.7 Å². The van der Waals surface area contributed by atoms with Crippen molar-refractivity contribution >= 4 is 28.8 Å². The van der Waals surface area contributed by atoms with E-state index < -0.39 is 12.0 Å². The summed E-state index contributed by atoms with van der Waals surface area (Å²) in [5, 5.41) is 2.72. The van der Waals surface area contributed by atoms with E-state index in [0.29, 0.717) is 31.0 Å². The normalized spacial score (nSPS) is 20.4. The van der Waals surface area contributed by atoms with E-state index in [0.717, 1.165) is 35.3 Å². The number of amidine groups is 1. The van der Waals surface area contributed by atoms with Crippen LogP contribution in [0, 0.1) is 0 Å². The standard InChI is InChI=1S/C25H32N4O5S/c1-17-22(24(31)34-14-13-32-3)23(18-5-7-20(33-4)8-6-18)29-19(16-35-25(29)26-17)15-21(30)28-11-9-27(2)10-12-28/h5-8,16,23H,9-15H2,1-4H3. The Bertz CT molecular complexity index is 1040. The summed E-state index contributed by atoms with van der Waals surface area (Å²) >= 11 is 1.47. The number of esters is 1. The van der Waals surface area contributed by atoms with E-state index >= 15 is 0 Å². The average molecular weight is 501 g/mol. The predicted octanol–water partition coefficient (Wildman–Crippen LogP) is 2.62. The number of hydrogen-bond acceptors (Lipinski definition) is 9. The van der Waals surface area contributed by atoms with Gasteiger partial charge >= 0.3 is 5.97 Å². The molecule has 0 bridgehead atoms. The van der Waals surface area contributed by atoms with E-state index in [-0.39, 0.29) is 18.9 Å². The van der Waals surface area contributed by atoms with Gasteiger partial charge in [-0.05, 0) is 37.1 Å². The second-order valence-corrected chi connectivity index (χ2v) is 9.49. The highest BCUT2D eigenvalue weighted by molar-refractivity contribution is 8.16. The van der Waals surface area contributed by atoms with Gasteiger partial charge < -0.3 is 28.9 Å². The molecule has 1 aromatic rings. The Morgan fingerprint density at radius 1 is 1.09 bits per heavy atom.